The lowest BCUT2D eigenvalue weighted by Crippen LogP contribution is -2.35. The normalized spacial score (nSPS) is 20.1. The second kappa shape index (κ2) is 8.88. The van der Waals surface area contributed by atoms with Crippen molar-refractivity contribution < 1.29 is 14.3 Å². The van der Waals surface area contributed by atoms with Crippen LogP contribution in [-0.4, -0.2) is 33.3 Å². The van der Waals surface area contributed by atoms with E-state index in [-0.39, 0.29) is 35.4 Å². The van der Waals surface area contributed by atoms with Crippen molar-refractivity contribution in [3.8, 4) is 0 Å². The van der Waals surface area contributed by atoms with E-state index in [0.29, 0.717) is 11.6 Å². The minimum Gasteiger partial charge on any atom is -0.462 e. The lowest BCUT2D eigenvalue weighted by Gasteiger charge is -2.09. The zero-order valence-corrected chi connectivity index (χ0v) is 14.5. The smallest absolute Gasteiger partial charge is 0.309 e. The second-order valence-electron chi connectivity index (χ2n) is 5.44. The zero-order chi connectivity index (χ0) is 16.7. The number of anilines is 1. The highest BCUT2D eigenvalue weighted by Crippen LogP contribution is 2.27. The number of hydrogen-bond donors (Lipinski definition) is 2. The summed E-state index contributed by atoms with van der Waals surface area (Å²) in [4.78, 5) is 23.8. The highest BCUT2D eigenvalue weighted by atomic mass is 32.1. The molecule has 0 bridgehead atoms. The minimum absolute atomic E-state index is 0.0571. The van der Waals surface area contributed by atoms with E-state index in [1.807, 2.05) is 0 Å². The number of unbranched alkanes of at least 4 members (excludes halogenated alkanes) is 2. The fourth-order valence-corrected chi connectivity index (χ4v) is 3.17. The number of ether oxygens (including phenoxy) is 1. The molecule has 1 aliphatic rings. The van der Waals surface area contributed by atoms with E-state index < -0.39 is 0 Å². The lowest BCUT2D eigenvalue weighted by molar-refractivity contribution is -0.145. The number of rotatable bonds is 7. The number of nitrogens with one attached hydrogen (secondary N) is 2. The van der Waals surface area contributed by atoms with Crippen LogP contribution in [0.4, 0.5) is 5.13 Å². The first kappa shape index (κ1) is 17.7. The van der Waals surface area contributed by atoms with Gasteiger partial charge >= 0.3 is 5.97 Å². The number of carbonyl (C=O) groups is 2. The molecule has 7 nitrogen and oxygen atoms in total. The van der Waals surface area contributed by atoms with Gasteiger partial charge < -0.3 is 15.4 Å². The molecule has 2 rings (SSSR count). The van der Waals surface area contributed by atoms with Gasteiger partial charge in [-0.25, -0.2) is 0 Å². The third kappa shape index (κ3) is 5.83. The predicted molar refractivity (Wildman–Crippen MR) is 91.0 cm³/mol. The SMILES string of the molecule is CCCCCC1CC(CC(=O)NC(=S)Nc2nncs2)C(=O)O1. The molecule has 0 radical (unpaired) electrons. The molecule has 2 heterocycles. The highest BCUT2D eigenvalue weighted by molar-refractivity contribution is 7.80. The van der Waals surface area contributed by atoms with Gasteiger partial charge in [0.15, 0.2) is 5.11 Å². The Hall–Kier alpha value is -1.61. The van der Waals surface area contributed by atoms with Crippen molar-refractivity contribution >= 4 is 45.7 Å². The van der Waals surface area contributed by atoms with E-state index in [2.05, 4.69) is 27.8 Å². The molecule has 0 aromatic carbocycles. The molecule has 1 aromatic rings. The van der Waals surface area contributed by atoms with E-state index in [9.17, 15) is 9.59 Å². The summed E-state index contributed by atoms with van der Waals surface area (Å²) in [5.74, 6) is -0.973. The monoisotopic (exact) mass is 356 g/mol. The van der Waals surface area contributed by atoms with Crippen LogP contribution >= 0.6 is 23.6 Å². The molecule has 1 aliphatic heterocycles. The van der Waals surface area contributed by atoms with Gasteiger partial charge in [0, 0.05) is 6.42 Å². The van der Waals surface area contributed by atoms with Crippen molar-refractivity contribution in [3.63, 3.8) is 0 Å². The van der Waals surface area contributed by atoms with Gasteiger partial charge in [-0.3, -0.25) is 9.59 Å². The van der Waals surface area contributed by atoms with Gasteiger partial charge in [-0.2, -0.15) is 0 Å². The highest BCUT2D eigenvalue weighted by Gasteiger charge is 2.35. The van der Waals surface area contributed by atoms with Gasteiger partial charge in [0.2, 0.25) is 11.0 Å². The van der Waals surface area contributed by atoms with Crippen LogP contribution in [0.15, 0.2) is 5.51 Å². The first-order chi connectivity index (χ1) is 11.1. The number of carbonyl (C=O) groups excluding carboxylic acids is 2. The molecule has 126 valence electrons. The summed E-state index contributed by atoms with van der Waals surface area (Å²) in [6, 6.07) is 0. The van der Waals surface area contributed by atoms with Crippen molar-refractivity contribution in [2.45, 2.75) is 51.6 Å². The fourth-order valence-electron chi connectivity index (χ4n) is 2.44. The Morgan fingerprint density at radius 2 is 2.35 bits per heavy atom. The topological polar surface area (TPSA) is 93.2 Å². The predicted octanol–water partition coefficient (Wildman–Crippen LogP) is 2.25. The van der Waals surface area contributed by atoms with Crippen LogP contribution in [0, 0.1) is 5.92 Å². The summed E-state index contributed by atoms with van der Waals surface area (Å²) < 4.78 is 5.33. The summed E-state index contributed by atoms with van der Waals surface area (Å²) in [5, 5.41) is 13.4. The number of esters is 1. The molecular formula is C14H20N4O3S2. The molecule has 1 amide bonds. The van der Waals surface area contributed by atoms with Crippen LogP contribution in [0.5, 0.6) is 0 Å². The molecule has 1 saturated heterocycles. The summed E-state index contributed by atoms with van der Waals surface area (Å²) >= 11 is 6.30. The van der Waals surface area contributed by atoms with E-state index in [1.165, 1.54) is 11.3 Å². The van der Waals surface area contributed by atoms with Gasteiger partial charge in [0.1, 0.15) is 11.6 Å². The third-order valence-electron chi connectivity index (χ3n) is 3.56. The largest absolute Gasteiger partial charge is 0.462 e. The van der Waals surface area contributed by atoms with Crippen LogP contribution in [0.25, 0.3) is 0 Å². The molecule has 0 saturated carbocycles. The Bertz CT molecular complexity index is 550. The number of aromatic nitrogens is 2. The maximum absolute atomic E-state index is 12.0. The third-order valence-corrected chi connectivity index (χ3v) is 4.37. The first-order valence-corrected chi connectivity index (χ1v) is 8.94. The fraction of sp³-hybridized carbons (Fsp3) is 0.643. The Morgan fingerprint density at radius 1 is 1.52 bits per heavy atom. The summed E-state index contributed by atoms with van der Waals surface area (Å²) in [6.07, 6.45) is 4.81. The van der Waals surface area contributed by atoms with Crippen molar-refractivity contribution in [1.29, 1.82) is 0 Å². The maximum Gasteiger partial charge on any atom is 0.309 e. The van der Waals surface area contributed by atoms with Crippen molar-refractivity contribution in [3.05, 3.63) is 5.51 Å². The number of amides is 1. The molecule has 2 N–H and O–H groups in total. The van der Waals surface area contributed by atoms with E-state index >= 15 is 0 Å². The second-order valence-corrected chi connectivity index (χ2v) is 6.68. The minimum atomic E-state index is -0.383. The average Bonchev–Trinajstić information content (AvgIpc) is 3.10. The molecule has 0 spiro atoms. The van der Waals surface area contributed by atoms with Gasteiger partial charge in [-0.1, -0.05) is 31.1 Å². The molecule has 1 aromatic heterocycles. The van der Waals surface area contributed by atoms with Gasteiger partial charge in [0.25, 0.3) is 0 Å². The Kier molecular flexibility index (Phi) is 6.85. The van der Waals surface area contributed by atoms with Crippen LogP contribution in [0.3, 0.4) is 0 Å². The number of nitrogens with zero attached hydrogens (tertiary/aromatic N) is 2. The van der Waals surface area contributed by atoms with E-state index in [0.717, 1.165) is 25.7 Å². The summed E-state index contributed by atoms with van der Waals surface area (Å²) in [5.41, 5.74) is 1.56. The van der Waals surface area contributed by atoms with Gasteiger partial charge in [-0.05, 0) is 31.5 Å². The number of hydrogen-bond acceptors (Lipinski definition) is 7. The molecular weight excluding hydrogens is 336 g/mol. The maximum atomic E-state index is 12.0. The first-order valence-electron chi connectivity index (χ1n) is 7.66. The van der Waals surface area contributed by atoms with Crippen molar-refractivity contribution in [2.75, 3.05) is 5.32 Å². The molecule has 23 heavy (non-hydrogen) atoms. The van der Waals surface area contributed by atoms with Gasteiger partial charge in [-0.15, -0.1) is 10.2 Å². The lowest BCUT2D eigenvalue weighted by atomic mass is 9.98. The van der Waals surface area contributed by atoms with Crippen LogP contribution in [0.2, 0.25) is 0 Å². The Morgan fingerprint density at radius 3 is 3.04 bits per heavy atom. The number of cyclic esters (lactones) is 1. The van der Waals surface area contributed by atoms with Crippen molar-refractivity contribution in [1.82, 2.24) is 15.5 Å². The quantitative estimate of drug-likeness (QED) is 0.440. The Balaban J connectivity index is 1.72. The average molecular weight is 356 g/mol. The summed E-state index contributed by atoms with van der Waals surface area (Å²) in [6.45, 7) is 2.13. The van der Waals surface area contributed by atoms with Crippen molar-refractivity contribution in [2.24, 2.45) is 5.92 Å². The van der Waals surface area contributed by atoms with Crippen LogP contribution < -0.4 is 10.6 Å². The van der Waals surface area contributed by atoms with Crippen LogP contribution in [-0.2, 0) is 14.3 Å². The molecule has 2 atom stereocenters. The van der Waals surface area contributed by atoms with Gasteiger partial charge in [0.05, 0.1) is 5.92 Å². The van der Waals surface area contributed by atoms with E-state index in [1.54, 1.807) is 5.51 Å². The molecule has 0 aliphatic carbocycles. The van der Waals surface area contributed by atoms with Crippen LogP contribution in [0.1, 0.15) is 45.4 Å². The standard InChI is InChI=1S/C14H20N4O3S2/c1-2-3-4-5-10-6-9(12(20)21-10)7-11(19)16-13(22)17-14-18-15-8-23-14/h8-10H,2-7H2,1H3,(H2,16,17,18,19,22). The zero-order valence-electron chi connectivity index (χ0n) is 12.9. The molecule has 9 heteroatoms. The molecule has 1 fully saturated rings. The Labute approximate surface area is 144 Å². The summed E-state index contributed by atoms with van der Waals surface area (Å²) in [7, 11) is 0. The molecule has 2 unspecified atom stereocenters. The number of thiocarbonyl (C=S) groups is 1. The van der Waals surface area contributed by atoms with E-state index in [4.69, 9.17) is 17.0 Å².